The Morgan fingerprint density at radius 3 is 2.20 bits per heavy atom. The molecule has 5 nitrogen and oxygen atoms in total. The average Bonchev–Trinajstić information content (AvgIpc) is 2.25. The first-order chi connectivity index (χ1) is 7.22. The molecule has 84 valence electrons. The zero-order valence-electron chi connectivity index (χ0n) is 8.85. The summed E-state index contributed by atoms with van der Waals surface area (Å²) in [6.07, 6.45) is 0.799. The van der Waals surface area contributed by atoms with Gasteiger partial charge in [-0.2, -0.15) is 5.26 Å². The van der Waals surface area contributed by atoms with Crippen molar-refractivity contribution in [2.24, 2.45) is 0 Å². The van der Waals surface area contributed by atoms with Crippen molar-refractivity contribution < 1.29 is 9.90 Å². The molecule has 0 aromatic rings. The molecular formula is C10H17N3O2. The maximum Gasteiger partial charge on any atom is 0.304 e. The summed E-state index contributed by atoms with van der Waals surface area (Å²) < 4.78 is 0. The van der Waals surface area contributed by atoms with Gasteiger partial charge in [0.2, 0.25) is 0 Å². The average molecular weight is 211 g/mol. The summed E-state index contributed by atoms with van der Waals surface area (Å²) in [6, 6.07) is 2.13. The zero-order valence-corrected chi connectivity index (χ0v) is 8.85. The maximum atomic E-state index is 10.4. The van der Waals surface area contributed by atoms with E-state index in [1.165, 1.54) is 0 Å². The number of carboxylic acids is 1. The monoisotopic (exact) mass is 211 g/mol. The molecule has 5 heteroatoms. The number of carboxylic acid groups (broad SMARTS) is 1. The summed E-state index contributed by atoms with van der Waals surface area (Å²) >= 11 is 0. The number of hydrogen-bond acceptors (Lipinski definition) is 4. The van der Waals surface area contributed by atoms with E-state index in [1.54, 1.807) is 0 Å². The van der Waals surface area contributed by atoms with E-state index >= 15 is 0 Å². The molecule has 0 saturated carbocycles. The minimum absolute atomic E-state index is 0.220. The van der Waals surface area contributed by atoms with Crippen molar-refractivity contribution >= 4 is 5.97 Å². The molecule has 0 aromatic carbocycles. The van der Waals surface area contributed by atoms with Gasteiger partial charge in [0.1, 0.15) is 0 Å². The Balaban J connectivity index is 2.13. The Morgan fingerprint density at radius 2 is 1.73 bits per heavy atom. The van der Waals surface area contributed by atoms with Crippen LogP contribution < -0.4 is 0 Å². The molecule has 0 radical (unpaired) electrons. The lowest BCUT2D eigenvalue weighted by atomic mass is 10.2. The summed E-state index contributed by atoms with van der Waals surface area (Å²) in [5.74, 6) is -0.734. The highest BCUT2D eigenvalue weighted by Gasteiger charge is 2.16. The van der Waals surface area contributed by atoms with Crippen molar-refractivity contribution in [1.29, 1.82) is 5.26 Å². The highest BCUT2D eigenvalue weighted by atomic mass is 16.4. The van der Waals surface area contributed by atoms with Crippen LogP contribution in [0.2, 0.25) is 0 Å². The molecule has 1 fully saturated rings. The fraction of sp³-hybridized carbons (Fsp3) is 0.800. The first-order valence-electron chi connectivity index (χ1n) is 5.26. The third-order valence-corrected chi connectivity index (χ3v) is 2.65. The zero-order chi connectivity index (χ0) is 11.1. The molecular weight excluding hydrogens is 194 g/mol. The van der Waals surface area contributed by atoms with Gasteiger partial charge in [0.25, 0.3) is 0 Å². The molecule has 0 bridgehead atoms. The number of rotatable bonds is 5. The number of carbonyl (C=O) groups is 1. The molecule has 1 aliphatic rings. The first-order valence-corrected chi connectivity index (χ1v) is 5.26. The third-order valence-electron chi connectivity index (χ3n) is 2.65. The smallest absolute Gasteiger partial charge is 0.304 e. The lowest BCUT2D eigenvalue weighted by molar-refractivity contribution is -0.137. The topological polar surface area (TPSA) is 67.6 Å². The Bertz CT molecular complexity index is 242. The van der Waals surface area contributed by atoms with E-state index in [1.807, 2.05) is 0 Å². The first kappa shape index (κ1) is 12.0. The van der Waals surface area contributed by atoms with Gasteiger partial charge in [0.05, 0.1) is 12.5 Å². The second-order valence-corrected chi connectivity index (χ2v) is 3.74. The number of nitriles is 1. The highest BCUT2D eigenvalue weighted by molar-refractivity contribution is 5.66. The van der Waals surface area contributed by atoms with Crippen molar-refractivity contribution in [3.05, 3.63) is 0 Å². The van der Waals surface area contributed by atoms with Gasteiger partial charge in [-0.1, -0.05) is 0 Å². The molecule has 1 heterocycles. The fourth-order valence-electron chi connectivity index (χ4n) is 1.70. The van der Waals surface area contributed by atoms with Crippen LogP contribution >= 0.6 is 0 Å². The molecule has 0 aliphatic carbocycles. The van der Waals surface area contributed by atoms with Crippen LogP contribution in [0.25, 0.3) is 0 Å². The Hall–Kier alpha value is -1.12. The standard InChI is InChI=1S/C10H17N3O2/c11-3-1-4-12-6-8-13(9-7-12)5-2-10(14)15/h1-2,4-9H2,(H,14,15). The number of hydrogen-bond donors (Lipinski definition) is 1. The van der Waals surface area contributed by atoms with Crippen LogP contribution in [0.1, 0.15) is 12.8 Å². The normalized spacial score (nSPS) is 18.6. The minimum atomic E-state index is -0.734. The van der Waals surface area contributed by atoms with Crippen LogP contribution in [0.4, 0.5) is 0 Å². The van der Waals surface area contributed by atoms with E-state index < -0.39 is 5.97 Å². The highest BCUT2D eigenvalue weighted by Crippen LogP contribution is 2.02. The molecule has 15 heavy (non-hydrogen) atoms. The van der Waals surface area contributed by atoms with E-state index in [2.05, 4.69) is 15.9 Å². The van der Waals surface area contributed by atoms with Crippen molar-refractivity contribution in [3.63, 3.8) is 0 Å². The molecule has 0 spiro atoms. The quantitative estimate of drug-likeness (QED) is 0.693. The summed E-state index contributed by atoms with van der Waals surface area (Å²) in [7, 11) is 0. The molecule has 1 N–H and O–H groups in total. The van der Waals surface area contributed by atoms with Gasteiger partial charge in [-0.15, -0.1) is 0 Å². The summed E-state index contributed by atoms with van der Waals surface area (Å²) in [6.45, 7) is 5.20. The minimum Gasteiger partial charge on any atom is -0.481 e. The largest absolute Gasteiger partial charge is 0.481 e. The van der Waals surface area contributed by atoms with Crippen molar-refractivity contribution in [2.75, 3.05) is 39.3 Å². The summed E-state index contributed by atoms with van der Waals surface area (Å²) in [5.41, 5.74) is 0. The van der Waals surface area contributed by atoms with Crippen molar-refractivity contribution in [1.82, 2.24) is 9.80 Å². The van der Waals surface area contributed by atoms with Crippen LogP contribution in [-0.4, -0.2) is 60.1 Å². The van der Waals surface area contributed by atoms with Gasteiger partial charge in [0.15, 0.2) is 0 Å². The van der Waals surface area contributed by atoms with Crippen LogP contribution in [0, 0.1) is 11.3 Å². The van der Waals surface area contributed by atoms with E-state index in [9.17, 15) is 4.79 Å². The number of piperazine rings is 1. The van der Waals surface area contributed by atoms with E-state index in [0.717, 1.165) is 32.7 Å². The molecule has 1 rings (SSSR count). The van der Waals surface area contributed by atoms with Gasteiger partial charge < -0.3 is 10.0 Å². The van der Waals surface area contributed by atoms with E-state index in [-0.39, 0.29) is 6.42 Å². The lowest BCUT2D eigenvalue weighted by Gasteiger charge is -2.33. The molecule has 1 aliphatic heterocycles. The van der Waals surface area contributed by atoms with Crippen molar-refractivity contribution in [2.45, 2.75) is 12.8 Å². The van der Waals surface area contributed by atoms with Gasteiger partial charge in [0, 0.05) is 45.7 Å². The van der Waals surface area contributed by atoms with Gasteiger partial charge >= 0.3 is 5.97 Å². The Kier molecular flexibility index (Phi) is 5.08. The molecule has 0 atom stereocenters. The number of aliphatic carboxylic acids is 1. The van der Waals surface area contributed by atoms with Gasteiger partial charge in [-0.3, -0.25) is 9.69 Å². The number of nitrogens with zero attached hydrogens (tertiary/aromatic N) is 3. The fourth-order valence-corrected chi connectivity index (χ4v) is 1.70. The Morgan fingerprint density at radius 1 is 1.20 bits per heavy atom. The molecule has 0 aromatic heterocycles. The van der Waals surface area contributed by atoms with Gasteiger partial charge in [-0.05, 0) is 0 Å². The molecule has 1 saturated heterocycles. The van der Waals surface area contributed by atoms with Crippen molar-refractivity contribution in [3.8, 4) is 6.07 Å². The Labute approximate surface area is 89.9 Å². The van der Waals surface area contributed by atoms with Crippen LogP contribution in [0.15, 0.2) is 0 Å². The van der Waals surface area contributed by atoms with Crippen LogP contribution in [-0.2, 0) is 4.79 Å². The summed E-state index contributed by atoms with van der Waals surface area (Å²) in [4.78, 5) is 14.8. The van der Waals surface area contributed by atoms with Gasteiger partial charge in [-0.25, -0.2) is 0 Å². The lowest BCUT2D eigenvalue weighted by Crippen LogP contribution is -2.46. The predicted octanol–water partition coefficient (Wildman–Crippen LogP) is -0.00762. The van der Waals surface area contributed by atoms with Crippen LogP contribution in [0.5, 0.6) is 0 Å². The van der Waals surface area contributed by atoms with E-state index in [4.69, 9.17) is 10.4 Å². The predicted molar refractivity (Wildman–Crippen MR) is 55.4 cm³/mol. The SMILES string of the molecule is N#CCCN1CCN(CCC(=O)O)CC1. The second-order valence-electron chi connectivity index (χ2n) is 3.74. The summed E-state index contributed by atoms with van der Waals surface area (Å²) in [5, 5.41) is 17.0. The molecule has 0 amide bonds. The maximum absolute atomic E-state index is 10.4. The van der Waals surface area contributed by atoms with E-state index in [0.29, 0.717) is 13.0 Å². The van der Waals surface area contributed by atoms with Crippen LogP contribution in [0.3, 0.4) is 0 Å². The second kappa shape index (κ2) is 6.38. The molecule has 0 unspecified atom stereocenters. The third kappa shape index (κ3) is 4.77.